The number of hydrogen-bond acceptors (Lipinski definition) is 4. The van der Waals surface area contributed by atoms with Crippen molar-refractivity contribution in [2.24, 2.45) is 5.73 Å². The van der Waals surface area contributed by atoms with Gasteiger partial charge in [-0.2, -0.15) is 10.4 Å². The number of H-pyrrole nitrogens is 1. The third-order valence-electron chi connectivity index (χ3n) is 5.22. The molecular weight excluding hydrogens is 459 g/mol. The lowest BCUT2D eigenvalue weighted by atomic mass is 10.0. The van der Waals surface area contributed by atoms with Gasteiger partial charge in [-0.15, -0.1) is 24.8 Å². The van der Waals surface area contributed by atoms with Crippen LogP contribution in [0.15, 0.2) is 79.3 Å². The second-order valence-electron chi connectivity index (χ2n) is 7.08. The molecule has 0 fully saturated rings. The lowest BCUT2D eigenvalue weighted by molar-refractivity contribution is 0.100. The zero-order valence-electron chi connectivity index (χ0n) is 17.1. The lowest BCUT2D eigenvalue weighted by Gasteiger charge is -2.07. The predicted octanol–water partition coefficient (Wildman–Crippen LogP) is 4.87. The second-order valence-corrected chi connectivity index (χ2v) is 7.08. The van der Waals surface area contributed by atoms with E-state index in [1.807, 2.05) is 47.0 Å². The van der Waals surface area contributed by atoms with E-state index in [0.717, 1.165) is 39.3 Å². The van der Waals surface area contributed by atoms with Crippen molar-refractivity contribution in [3.63, 3.8) is 0 Å². The molecule has 3 heterocycles. The van der Waals surface area contributed by atoms with Gasteiger partial charge < -0.3 is 5.73 Å². The molecule has 7 nitrogen and oxygen atoms in total. The summed E-state index contributed by atoms with van der Waals surface area (Å²) in [5, 5.41) is 16.3. The molecule has 9 heteroatoms. The molecule has 0 aliphatic heterocycles. The first-order chi connectivity index (χ1) is 15.1. The van der Waals surface area contributed by atoms with Crippen molar-refractivity contribution in [1.29, 1.82) is 5.26 Å². The largest absolute Gasteiger partial charge is 0.366 e. The molecule has 0 aliphatic carbocycles. The minimum atomic E-state index is -0.456. The van der Waals surface area contributed by atoms with E-state index in [1.165, 1.54) is 0 Å². The van der Waals surface area contributed by atoms with Gasteiger partial charge in [0, 0.05) is 34.0 Å². The lowest BCUT2D eigenvalue weighted by Crippen LogP contribution is -2.10. The third kappa shape index (κ3) is 4.30. The summed E-state index contributed by atoms with van der Waals surface area (Å²) in [6.45, 7) is 0. The van der Waals surface area contributed by atoms with Crippen LogP contribution in [0.25, 0.3) is 39.3 Å². The van der Waals surface area contributed by atoms with E-state index < -0.39 is 5.91 Å². The Balaban J connectivity index is 0.00000153. The number of carbonyl (C=O) groups is 1. The van der Waals surface area contributed by atoms with Gasteiger partial charge in [-0.3, -0.25) is 14.3 Å². The van der Waals surface area contributed by atoms with Gasteiger partial charge in [0.05, 0.1) is 35.4 Å². The van der Waals surface area contributed by atoms with Crippen molar-refractivity contribution in [1.82, 2.24) is 19.6 Å². The van der Waals surface area contributed by atoms with E-state index in [2.05, 4.69) is 21.3 Å². The molecule has 0 radical (unpaired) electrons. The molecule has 0 unspecified atom stereocenters. The summed E-state index contributed by atoms with van der Waals surface area (Å²) >= 11 is 0. The molecule has 3 N–H and O–H groups in total. The molecule has 1 amide bonds. The van der Waals surface area contributed by atoms with Crippen molar-refractivity contribution in [3.05, 3.63) is 90.4 Å². The number of imidazole rings is 1. The quantitative estimate of drug-likeness (QED) is 0.384. The van der Waals surface area contributed by atoms with Crippen molar-refractivity contribution in [2.45, 2.75) is 0 Å². The normalized spacial score (nSPS) is 10.2. The zero-order chi connectivity index (χ0) is 21.4. The summed E-state index contributed by atoms with van der Waals surface area (Å²) in [6, 6.07) is 20.6. The third-order valence-corrected chi connectivity index (χ3v) is 5.22. The fourth-order valence-corrected chi connectivity index (χ4v) is 3.60. The topological polar surface area (TPSA) is 113 Å². The Labute approximate surface area is 201 Å². The molecule has 33 heavy (non-hydrogen) atoms. The van der Waals surface area contributed by atoms with Crippen LogP contribution in [0.1, 0.15) is 15.9 Å². The van der Waals surface area contributed by atoms with Gasteiger partial charge in [-0.05, 0) is 36.4 Å². The fraction of sp³-hybridized carbons (Fsp3) is 0. The number of nitrogens with two attached hydrogens (primary N) is 1. The number of carbonyl (C=O) groups excluding carboxylic acids is 1. The summed E-state index contributed by atoms with van der Waals surface area (Å²) in [5.41, 5.74) is 12.8. The number of pyridine rings is 1. The van der Waals surface area contributed by atoms with E-state index in [-0.39, 0.29) is 24.8 Å². The number of nitrogens with zero attached hydrogens (tertiary/aromatic N) is 4. The van der Waals surface area contributed by atoms with Crippen LogP contribution in [0.3, 0.4) is 0 Å². The van der Waals surface area contributed by atoms with E-state index >= 15 is 0 Å². The fourth-order valence-electron chi connectivity index (χ4n) is 3.60. The Morgan fingerprint density at radius 1 is 0.909 bits per heavy atom. The van der Waals surface area contributed by atoms with Gasteiger partial charge in [-0.1, -0.05) is 24.3 Å². The van der Waals surface area contributed by atoms with Gasteiger partial charge >= 0.3 is 0 Å². The highest BCUT2D eigenvalue weighted by Crippen LogP contribution is 2.31. The van der Waals surface area contributed by atoms with Crippen molar-refractivity contribution < 1.29 is 4.79 Å². The molecule has 3 aromatic heterocycles. The van der Waals surface area contributed by atoms with Crippen LogP contribution in [0.5, 0.6) is 0 Å². The molecule has 2 aromatic carbocycles. The maximum absolute atomic E-state index is 11.4. The summed E-state index contributed by atoms with van der Waals surface area (Å²) < 4.78 is 2.00. The number of nitriles is 1. The minimum Gasteiger partial charge on any atom is -0.366 e. The Morgan fingerprint density at radius 2 is 1.58 bits per heavy atom. The summed E-state index contributed by atoms with van der Waals surface area (Å²) in [7, 11) is 0. The van der Waals surface area contributed by atoms with Gasteiger partial charge in [0.25, 0.3) is 0 Å². The summed E-state index contributed by atoms with van der Waals surface area (Å²) in [4.78, 5) is 15.8. The van der Waals surface area contributed by atoms with Crippen LogP contribution in [-0.2, 0) is 0 Å². The van der Waals surface area contributed by atoms with Crippen LogP contribution in [0.4, 0.5) is 0 Å². The van der Waals surface area contributed by atoms with Crippen molar-refractivity contribution in [3.8, 4) is 39.7 Å². The van der Waals surface area contributed by atoms with E-state index in [1.54, 1.807) is 36.7 Å². The molecule has 0 bridgehead atoms. The van der Waals surface area contributed by atoms with Crippen LogP contribution in [0, 0.1) is 11.3 Å². The number of rotatable bonds is 4. The molecule has 0 spiro atoms. The molecule has 0 atom stereocenters. The highest BCUT2D eigenvalue weighted by atomic mass is 35.5. The predicted molar refractivity (Wildman–Crippen MR) is 131 cm³/mol. The first kappa shape index (κ1) is 23.5. The SMILES string of the molecule is Cl.Cl.N#Cc1ccc(-c2[nH]ncc2-c2ccc3ncc(-c4ccc(C(N)=O)cc4)n3c2)cc1. The van der Waals surface area contributed by atoms with Crippen molar-refractivity contribution in [2.75, 3.05) is 0 Å². The summed E-state index contributed by atoms with van der Waals surface area (Å²) in [5.74, 6) is -0.456. The van der Waals surface area contributed by atoms with Gasteiger partial charge in [0.2, 0.25) is 5.91 Å². The average Bonchev–Trinajstić information content (AvgIpc) is 3.46. The second kappa shape index (κ2) is 9.57. The Hall–Kier alpha value is -4.12. The highest BCUT2D eigenvalue weighted by molar-refractivity contribution is 5.93. The molecule has 5 aromatic rings. The van der Waals surface area contributed by atoms with Gasteiger partial charge in [-0.25, -0.2) is 4.98 Å². The first-order valence-corrected chi connectivity index (χ1v) is 9.55. The number of aromatic amines is 1. The highest BCUT2D eigenvalue weighted by Gasteiger charge is 2.13. The number of nitrogens with one attached hydrogen (secondary N) is 1. The number of hydrogen-bond donors (Lipinski definition) is 2. The number of benzene rings is 2. The molecule has 0 aliphatic rings. The number of aromatic nitrogens is 4. The van der Waals surface area contributed by atoms with Crippen LogP contribution < -0.4 is 5.73 Å². The van der Waals surface area contributed by atoms with Crippen LogP contribution in [0.2, 0.25) is 0 Å². The maximum atomic E-state index is 11.4. The number of halogens is 2. The molecular formula is C24H18Cl2N6O. The molecule has 5 rings (SSSR count). The zero-order valence-corrected chi connectivity index (χ0v) is 18.7. The van der Waals surface area contributed by atoms with E-state index in [4.69, 9.17) is 11.0 Å². The number of amides is 1. The monoisotopic (exact) mass is 476 g/mol. The first-order valence-electron chi connectivity index (χ1n) is 9.55. The van der Waals surface area contributed by atoms with Crippen molar-refractivity contribution >= 4 is 36.4 Å². The standard InChI is InChI=1S/C24H16N6O.2ClH/c25-11-15-1-3-17(4-2-15)23-20(12-28-29-23)19-9-10-22-27-13-21(30(22)14-19)16-5-7-18(8-6-16)24(26)31;;/h1-10,12-14H,(H2,26,31)(H,28,29);2*1H. The van der Waals surface area contributed by atoms with Crippen LogP contribution >= 0.6 is 24.8 Å². The smallest absolute Gasteiger partial charge is 0.248 e. The Morgan fingerprint density at radius 3 is 2.24 bits per heavy atom. The van der Waals surface area contributed by atoms with E-state index in [0.29, 0.717) is 11.1 Å². The minimum absolute atomic E-state index is 0. The number of fused-ring (bicyclic) bond motifs is 1. The van der Waals surface area contributed by atoms with Gasteiger partial charge in [0.15, 0.2) is 0 Å². The van der Waals surface area contributed by atoms with Gasteiger partial charge in [0.1, 0.15) is 5.65 Å². The Bertz CT molecular complexity index is 1460. The van der Waals surface area contributed by atoms with Crippen LogP contribution in [-0.4, -0.2) is 25.5 Å². The average molecular weight is 477 g/mol. The summed E-state index contributed by atoms with van der Waals surface area (Å²) in [6.07, 6.45) is 5.60. The number of primary amides is 1. The molecule has 0 saturated heterocycles. The molecule has 0 saturated carbocycles. The van der Waals surface area contributed by atoms with E-state index in [9.17, 15) is 4.79 Å². The Kier molecular flexibility index (Phi) is 6.83. The maximum Gasteiger partial charge on any atom is 0.248 e. The molecule has 164 valence electrons.